The van der Waals surface area contributed by atoms with E-state index < -0.39 is 0 Å². The molecule has 0 aliphatic heterocycles. The summed E-state index contributed by atoms with van der Waals surface area (Å²) in [5.74, 6) is 0. The minimum atomic E-state index is -0.127. The van der Waals surface area contributed by atoms with E-state index in [2.05, 4.69) is 15.1 Å². The maximum Gasteiger partial charge on any atom is 0.282 e. The number of hydrogen-bond acceptors (Lipinski definition) is 4. The van der Waals surface area contributed by atoms with Crippen LogP contribution in [0.5, 0.6) is 0 Å². The van der Waals surface area contributed by atoms with Gasteiger partial charge >= 0.3 is 0 Å². The van der Waals surface area contributed by atoms with Gasteiger partial charge in [0.25, 0.3) is 5.56 Å². The minimum absolute atomic E-state index is 0.127. The standard InChI is InChI=1S/C17H10N4OS/c22-16-11-9-18-12-6-2-1-5-10(12)15(11)20-21(16)17-19-13-7-3-4-8-14(13)23-17/h1-9,20H. The van der Waals surface area contributed by atoms with Crippen LogP contribution in [0.2, 0.25) is 0 Å². The summed E-state index contributed by atoms with van der Waals surface area (Å²) < 4.78 is 2.56. The highest BCUT2D eigenvalue weighted by atomic mass is 32.1. The van der Waals surface area contributed by atoms with Crippen LogP contribution in [-0.2, 0) is 0 Å². The fourth-order valence-corrected chi connectivity index (χ4v) is 3.72. The van der Waals surface area contributed by atoms with Gasteiger partial charge < -0.3 is 0 Å². The van der Waals surface area contributed by atoms with Gasteiger partial charge in [0.15, 0.2) is 0 Å². The monoisotopic (exact) mass is 318 g/mol. The summed E-state index contributed by atoms with van der Waals surface area (Å²) in [5.41, 5.74) is 2.41. The third-order valence-electron chi connectivity index (χ3n) is 3.91. The lowest BCUT2D eigenvalue weighted by atomic mass is 10.2. The van der Waals surface area contributed by atoms with E-state index in [4.69, 9.17) is 0 Å². The molecule has 0 aliphatic carbocycles. The van der Waals surface area contributed by atoms with Gasteiger partial charge in [0.05, 0.1) is 26.6 Å². The first-order valence-electron chi connectivity index (χ1n) is 7.16. The highest BCUT2D eigenvalue weighted by Crippen LogP contribution is 2.25. The Morgan fingerprint density at radius 1 is 0.957 bits per heavy atom. The second-order valence-corrected chi connectivity index (χ2v) is 6.29. The Bertz CT molecular complexity index is 1210. The maximum atomic E-state index is 12.7. The molecule has 0 bridgehead atoms. The Balaban J connectivity index is 1.86. The fraction of sp³-hybridized carbons (Fsp3) is 0. The van der Waals surface area contributed by atoms with Gasteiger partial charge in [0.2, 0.25) is 5.13 Å². The van der Waals surface area contributed by atoms with Gasteiger partial charge in [0, 0.05) is 11.6 Å². The molecule has 0 fully saturated rings. The van der Waals surface area contributed by atoms with Crippen LogP contribution in [0, 0.1) is 0 Å². The second kappa shape index (κ2) is 4.50. The van der Waals surface area contributed by atoms with Crippen molar-refractivity contribution >= 4 is 43.4 Å². The van der Waals surface area contributed by atoms with Gasteiger partial charge in [-0.3, -0.25) is 14.9 Å². The zero-order valence-electron chi connectivity index (χ0n) is 11.9. The van der Waals surface area contributed by atoms with Crippen LogP contribution in [0.15, 0.2) is 59.5 Å². The Hall–Kier alpha value is -2.99. The van der Waals surface area contributed by atoms with Crippen LogP contribution in [0.4, 0.5) is 0 Å². The Labute approximate surface area is 133 Å². The van der Waals surface area contributed by atoms with Crippen LogP contribution in [-0.4, -0.2) is 19.7 Å². The highest BCUT2D eigenvalue weighted by molar-refractivity contribution is 7.20. The van der Waals surface area contributed by atoms with Crippen LogP contribution >= 0.6 is 11.3 Å². The average Bonchev–Trinajstić information content (AvgIpc) is 3.16. The number of pyridine rings is 1. The molecule has 0 unspecified atom stereocenters. The molecule has 2 aromatic carbocycles. The van der Waals surface area contributed by atoms with E-state index in [9.17, 15) is 4.79 Å². The predicted octanol–water partition coefficient (Wildman–Crippen LogP) is 3.48. The van der Waals surface area contributed by atoms with Crippen molar-refractivity contribution in [2.45, 2.75) is 0 Å². The summed E-state index contributed by atoms with van der Waals surface area (Å²) in [6.45, 7) is 0. The number of benzene rings is 2. The molecule has 5 aromatic rings. The topological polar surface area (TPSA) is 63.6 Å². The van der Waals surface area contributed by atoms with E-state index in [1.54, 1.807) is 6.20 Å². The van der Waals surface area contributed by atoms with Gasteiger partial charge in [-0.15, -0.1) is 0 Å². The molecule has 1 N–H and O–H groups in total. The van der Waals surface area contributed by atoms with Crippen molar-refractivity contribution in [1.29, 1.82) is 0 Å². The molecular weight excluding hydrogens is 308 g/mol. The lowest BCUT2D eigenvalue weighted by molar-refractivity contribution is 0.857. The Morgan fingerprint density at radius 2 is 1.74 bits per heavy atom. The predicted molar refractivity (Wildman–Crippen MR) is 92.4 cm³/mol. The molecule has 0 amide bonds. The normalized spacial score (nSPS) is 11.7. The number of thiazole rings is 1. The van der Waals surface area contributed by atoms with Crippen molar-refractivity contribution in [1.82, 2.24) is 19.7 Å². The molecule has 0 spiro atoms. The minimum Gasteiger partial charge on any atom is -0.287 e. The summed E-state index contributed by atoms with van der Waals surface area (Å²) in [4.78, 5) is 21.6. The van der Waals surface area contributed by atoms with Crippen LogP contribution in [0.25, 0.3) is 37.2 Å². The summed E-state index contributed by atoms with van der Waals surface area (Å²) in [5, 5.41) is 5.34. The van der Waals surface area contributed by atoms with Gasteiger partial charge in [-0.25, -0.2) is 4.98 Å². The van der Waals surface area contributed by atoms with E-state index in [1.165, 1.54) is 16.0 Å². The van der Waals surface area contributed by atoms with E-state index >= 15 is 0 Å². The molecule has 3 heterocycles. The average molecular weight is 318 g/mol. The lowest BCUT2D eigenvalue weighted by Crippen LogP contribution is -2.13. The van der Waals surface area contributed by atoms with E-state index in [1.807, 2.05) is 48.5 Å². The molecule has 0 radical (unpaired) electrons. The number of hydrogen-bond donors (Lipinski definition) is 1. The van der Waals surface area contributed by atoms with Gasteiger partial charge in [-0.1, -0.05) is 41.7 Å². The van der Waals surface area contributed by atoms with Crippen molar-refractivity contribution in [3.05, 3.63) is 65.1 Å². The molecule has 3 aromatic heterocycles. The van der Waals surface area contributed by atoms with E-state index in [0.717, 1.165) is 26.6 Å². The number of H-pyrrole nitrogens is 1. The summed E-state index contributed by atoms with van der Waals surface area (Å²) >= 11 is 1.49. The van der Waals surface area contributed by atoms with Gasteiger partial charge in [-0.05, 0) is 18.2 Å². The molecule has 0 saturated heterocycles. The van der Waals surface area contributed by atoms with Crippen LogP contribution < -0.4 is 5.56 Å². The quantitative estimate of drug-likeness (QED) is 0.515. The molecule has 5 rings (SSSR count). The third kappa shape index (κ3) is 1.75. The number of nitrogens with zero attached hydrogens (tertiary/aromatic N) is 3. The zero-order chi connectivity index (χ0) is 15.4. The number of fused-ring (bicyclic) bond motifs is 4. The molecule has 6 heteroatoms. The van der Waals surface area contributed by atoms with E-state index in [-0.39, 0.29) is 5.56 Å². The molecule has 0 saturated carbocycles. The van der Waals surface area contributed by atoms with E-state index in [0.29, 0.717) is 10.5 Å². The number of nitrogens with one attached hydrogen (secondary N) is 1. The lowest BCUT2D eigenvalue weighted by Gasteiger charge is -1.96. The van der Waals surface area contributed by atoms with Gasteiger partial charge in [0.1, 0.15) is 0 Å². The van der Waals surface area contributed by atoms with Crippen LogP contribution in [0.1, 0.15) is 0 Å². The first-order valence-corrected chi connectivity index (χ1v) is 7.97. The zero-order valence-corrected chi connectivity index (χ0v) is 12.7. The third-order valence-corrected chi connectivity index (χ3v) is 4.93. The maximum absolute atomic E-state index is 12.7. The molecule has 110 valence electrons. The molecular formula is C17H10N4OS. The summed E-state index contributed by atoms with van der Waals surface area (Å²) in [6.07, 6.45) is 1.63. The second-order valence-electron chi connectivity index (χ2n) is 5.28. The Kier molecular flexibility index (Phi) is 2.46. The smallest absolute Gasteiger partial charge is 0.282 e. The largest absolute Gasteiger partial charge is 0.287 e. The van der Waals surface area contributed by atoms with Crippen molar-refractivity contribution < 1.29 is 0 Å². The summed E-state index contributed by atoms with van der Waals surface area (Å²) in [6, 6.07) is 15.6. The Morgan fingerprint density at radius 3 is 2.61 bits per heavy atom. The number of aromatic nitrogens is 4. The molecule has 0 aliphatic rings. The SMILES string of the molecule is O=c1c2cnc3ccccc3c2[nH]n1-c1nc2ccccc2s1. The first kappa shape index (κ1) is 12.5. The van der Waals surface area contributed by atoms with Crippen molar-refractivity contribution in [2.75, 3.05) is 0 Å². The molecule has 23 heavy (non-hydrogen) atoms. The van der Waals surface area contributed by atoms with Crippen molar-refractivity contribution in [2.24, 2.45) is 0 Å². The first-order chi connectivity index (χ1) is 11.3. The molecule has 0 atom stereocenters. The van der Waals surface area contributed by atoms with Crippen molar-refractivity contribution in [3.63, 3.8) is 0 Å². The molecule has 5 nitrogen and oxygen atoms in total. The number of rotatable bonds is 1. The highest BCUT2D eigenvalue weighted by Gasteiger charge is 2.14. The van der Waals surface area contributed by atoms with Gasteiger partial charge in [-0.2, -0.15) is 4.68 Å². The number of aromatic amines is 1. The fourth-order valence-electron chi connectivity index (χ4n) is 2.80. The van der Waals surface area contributed by atoms with Crippen molar-refractivity contribution in [3.8, 4) is 5.13 Å². The number of para-hydroxylation sites is 2. The summed E-state index contributed by atoms with van der Waals surface area (Å²) in [7, 11) is 0. The van der Waals surface area contributed by atoms with Crippen LogP contribution in [0.3, 0.4) is 0 Å².